The minimum atomic E-state index is -3.59. The Morgan fingerprint density at radius 1 is 1.37 bits per heavy atom. The van der Waals surface area contributed by atoms with Crippen LogP contribution >= 0.6 is 15.9 Å². The molecule has 1 aromatic rings. The van der Waals surface area contributed by atoms with Gasteiger partial charge >= 0.3 is 5.97 Å². The average molecular weight is 505 g/mol. The molecule has 2 rings (SSSR count). The first-order valence-corrected chi connectivity index (χ1v) is 12.4. The van der Waals surface area contributed by atoms with E-state index in [1.165, 1.54) is 13.0 Å². The van der Waals surface area contributed by atoms with Gasteiger partial charge in [-0.05, 0) is 41.8 Å². The van der Waals surface area contributed by atoms with E-state index in [1.54, 1.807) is 6.07 Å². The fraction of sp³-hybridized carbons (Fsp3) is 0.600. The maximum atomic E-state index is 13.2. The molecule has 10 heteroatoms. The fourth-order valence-electron chi connectivity index (χ4n) is 3.50. The number of hydrogen-bond acceptors (Lipinski definition) is 6. The predicted molar refractivity (Wildman–Crippen MR) is 118 cm³/mol. The van der Waals surface area contributed by atoms with Gasteiger partial charge in [-0.1, -0.05) is 26.7 Å². The van der Waals surface area contributed by atoms with Crippen LogP contribution in [0.4, 0.5) is 5.69 Å². The number of nitrogens with one attached hydrogen (secondary N) is 2. The van der Waals surface area contributed by atoms with Crippen LogP contribution < -0.4 is 15.4 Å². The van der Waals surface area contributed by atoms with Crippen LogP contribution in [0.3, 0.4) is 0 Å². The molecule has 30 heavy (non-hydrogen) atoms. The molecular formula is C20H29BrN2O6S. The number of aliphatic carboxylic acids is 1. The van der Waals surface area contributed by atoms with E-state index < -0.39 is 34.4 Å². The summed E-state index contributed by atoms with van der Waals surface area (Å²) in [6, 6.07) is 3.07. The first kappa shape index (κ1) is 24.5. The Morgan fingerprint density at radius 2 is 2.07 bits per heavy atom. The van der Waals surface area contributed by atoms with E-state index in [-0.39, 0.29) is 21.8 Å². The molecule has 0 aromatic heterocycles. The third kappa shape index (κ3) is 5.87. The SMILES string of the molecule is CCCCC1(CC)CNc2cc(Br)c(OC(C)C(=O)NCC(=O)O)cc2S(=O)(=O)C1. The zero-order valence-electron chi connectivity index (χ0n) is 17.5. The number of benzene rings is 1. The number of sulfone groups is 1. The van der Waals surface area contributed by atoms with Crippen LogP contribution in [0.2, 0.25) is 0 Å². The quantitative estimate of drug-likeness (QED) is 0.471. The van der Waals surface area contributed by atoms with Crippen LogP contribution in [0.25, 0.3) is 0 Å². The van der Waals surface area contributed by atoms with Crippen molar-refractivity contribution < 1.29 is 27.9 Å². The van der Waals surface area contributed by atoms with E-state index >= 15 is 0 Å². The Balaban J connectivity index is 2.31. The summed E-state index contributed by atoms with van der Waals surface area (Å²) in [5.74, 6) is -1.52. The van der Waals surface area contributed by atoms with Gasteiger partial charge in [0.25, 0.3) is 5.91 Å². The second-order valence-electron chi connectivity index (χ2n) is 7.72. The van der Waals surface area contributed by atoms with Crippen molar-refractivity contribution in [1.29, 1.82) is 0 Å². The molecular weight excluding hydrogens is 476 g/mol. The fourth-order valence-corrected chi connectivity index (χ4v) is 6.10. The Morgan fingerprint density at radius 3 is 2.67 bits per heavy atom. The van der Waals surface area contributed by atoms with Crippen LogP contribution in [0.1, 0.15) is 46.5 Å². The second kappa shape index (κ2) is 10.00. The van der Waals surface area contributed by atoms with Gasteiger partial charge in [0.1, 0.15) is 12.3 Å². The third-order valence-corrected chi connectivity index (χ3v) is 8.04. The Hall–Kier alpha value is -1.81. The third-order valence-electron chi connectivity index (χ3n) is 5.42. The Labute approximate surface area is 185 Å². The summed E-state index contributed by atoms with van der Waals surface area (Å²) in [6.45, 7) is 5.62. The van der Waals surface area contributed by atoms with E-state index in [2.05, 4.69) is 33.5 Å². The number of hydrogen-bond donors (Lipinski definition) is 3. The number of ether oxygens (including phenoxy) is 1. The molecule has 1 aromatic carbocycles. The molecule has 0 fully saturated rings. The van der Waals surface area contributed by atoms with Gasteiger partial charge in [-0.2, -0.15) is 0 Å². The van der Waals surface area contributed by atoms with Crippen molar-refractivity contribution in [2.45, 2.75) is 57.5 Å². The molecule has 0 aliphatic carbocycles. The summed E-state index contributed by atoms with van der Waals surface area (Å²) in [5, 5.41) is 14.2. The molecule has 0 spiro atoms. The Kier molecular flexibility index (Phi) is 8.15. The van der Waals surface area contributed by atoms with Gasteiger partial charge < -0.3 is 20.5 Å². The number of carboxylic acid groups (broad SMARTS) is 1. The van der Waals surface area contributed by atoms with Crippen molar-refractivity contribution in [1.82, 2.24) is 5.32 Å². The number of halogens is 1. The molecule has 0 saturated carbocycles. The van der Waals surface area contributed by atoms with E-state index in [1.807, 2.05) is 6.92 Å². The minimum absolute atomic E-state index is 0.0478. The van der Waals surface area contributed by atoms with Crippen LogP contribution in [0.15, 0.2) is 21.5 Å². The molecule has 0 bridgehead atoms. The highest BCUT2D eigenvalue weighted by atomic mass is 79.9. The maximum Gasteiger partial charge on any atom is 0.322 e. The molecule has 1 amide bonds. The van der Waals surface area contributed by atoms with Gasteiger partial charge in [0.05, 0.1) is 20.8 Å². The van der Waals surface area contributed by atoms with Gasteiger partial charge in [-0.3, -0.25) is 9.59 Å². The summed E-state index contributed by atoms with van der Waals surface area (Å²) in [5.41, 5.74) is 0.162. The number of carbonyl (C=O) groups excluding carboxylic acids is 1. The van der Waals surface area contributed by atoms with Crippen molar-refractivity contribution in [2.75, 3.05) is 24.2 Å². The highest BCUT2D eigenvalue weighted by Crippen LogP contribution is 2.42. The highest BCUT2D eigenvalue weighted by Gasteiger charge is 2.38. The number of carboxylic acids is 1. The molecule has 3 N–H and O–H groups in total. The summed E-state index contributed by atoms with van der Waals surface area (Å²) >= 11 is 3.38. The van der Waals surface area contributed by atoms with Gasteiger partial charge in [0.2, 0.25) is 0 Å². The van der Waals surface area contributed by atoms with E-state index in [4.69, 9.17) is 9.84 Å². The number of fused-ring (bicyclic) bond motifs is 1. The molecule has 1 heterocycles. The summed E-state index contributed by atoms with van der Waals surface area (Å²) in [6.07, 6.45) is 2.53. The largest absolute Gasteiger partial charge is 0.480 e. The molecule has 1 aliphatic heterocycles. The van der Waals surface area contributed by atoms with E-state index in [9.17, 15) is 18.0 Å². The van der Waals surface area contributed by atoms with Crippen LogP contribution in [-0.4, -0.2) is 50.3 Å². The summed E-state index contributed by atoms with van der Waals surface area (Å²) < 4.78 is 32.6. The molecule has 0 radical (unpaired) electrons. The number of rotatable bonds is 9. The lowest BCUT2D eigenvalue weighted by molar-refractivity contribution is -0.139. The van der Waals surface area contributed by atoms with Crippen molar-refractivity contribution in [3.8, 4) is 5.75 Å². The molecule has 2 unspecified atom stereocenters. The predicted octanol–water partition coefficient (Wildman–Crippen LogP) is 3.20. The van der Waals surface area contributed by atoms with Crippen LogP contribution in [-0.2, 0) is 19.4 Å². The molecule has 0 saturated heterocycles. The van der Waals surface area contributed by atoms with Crippen molar-refractivity contribution in [3.05, 3.63) is 16.6 Å². The smallest absolute Gasteiger partial charge is 0.322 e. The van der Waals surface area contributed by atoms with Crippen molar-refractivity contribution in [2.24, 2.45) is 5.41 Å². The topological polar surface area (TPSA) is 122 Å². The van der Waals surface area contributed by atoms with Gasteiger partial charge in [0.15, 0.2) is 15.9 Å². The normalized spacial score (nSPS) is 20.9. The minimum Gasteiger partial charge on any atom is -0.480 e. The van der Waals surface area contributed by atoms with Gasteiger partial charge in [0, 0.05) is 18.0 Å². The zero-order valence-corrected chi connectivity index (χ0v) is 19.9. The van der Waals surface area contributed by atoms with Crippen molar-refractivity contribution >= 4 is 43.3 Å². The van der Waals surface area contributed by atoms with Crippen molar-refractivity contribution in [3.63, 3.8) is 0 Å². The first-order chi connectivity index (χ1) is 14.0. The molecule has 2 atom stereocenters. The standard InChI is InChI=1S/C20H29BrN2O6S/c1-4-6-7-20(5-2)11-23-15-8-14(21)16(9-17(15)30(27,28)12-20)29-13(3)19(26)22-10-18(24)25/h8-9,13,23H,4-7,10-12H2,1-3H3,(H,22,26)(H,24,25). The number of amides is 1. The maximum absolute atomic E-state index is 13.2. The highest BCUT2D eigenvalue weighted by molar-refractivity contribution is 9.10. The van der Waals surface area contributed by atoms with Crippen LogP contribution in [0.5, 0.6) is 5.75 Å². The molecule has 168 valence electrons. The summed E-state index contributed by atoms with van der Waals surface area (Å²) in [7, 11) is -3.59. The lowest BCUT2D eigenvalue weighted by Crippen LogP contribution is -2.39. The van der Waals surface area contributed by atoms with Crippen LogP contribution in [0, 0.1) is 5.41 Å². The number of anilines is 1. The second-order valence-corrected chi connectivity index (χ2v) is 10.5. The number of unbranched alkanes of at least 4 members (excludes halogenated alkanes) is 1. The Bertz CT molecular complexity index is 905. The zero-order chi connectivity index (χ0) is 22.5. The van der Waals surface area contributed by atoms with E-state index in [0.29, 0.717) is 16.7 Å². The van der Waals surface area contributed by atoms with Gasteiger partial charge in [-0.15, -0.1) is 0 Å². The monoisotopic (exact) mass is 504 g/mol. The lowest BCUT2D eigenvalue weighted by atomic mass is 9.82. The average Bonchev–Trinajstić information content (AvgIpc) is 2.79. The van der Waals surface area contributed by atoms with E-state index in [0.717, 1.165) is 25.7 Å². The lowest BCUT2D eigenvalue weighted by Gasteiger charge is -2.30. The summed E-state index contributed by atoms with van der Waals surface area (Å²) in [4.78, 5) is 22.8. The number of carbonyl (C=O) groups is 2. The first-order valence-electron chi connectivity index (χ1n) is 10.00. The molecule has 8 nitrogen and oxygen atoms in total. The molecule has 1 aliphatic rings. The van der Waals surface area contributed by atoms with Gasteiger partial charge in [-0.25, -0.2) is 8.42 Å².